The number of amides is 1. The summed E-state index contributed by atoms with van der Waals surface area (Å²) >= 11 is 11.8. The van der Waals surface area contributed by atoms with Gasteiger partial charge in [-0.2, -0.15) is 13.2 Å². The number of nitrogens with one attached hydrogen (secondary N) is 1. The van der Waals surface area contributed by atoms with Crippen LogP contribution in [0.15, 0.2) is 65.6 Å². The summed E-state index contributed by atoms with van der Waals surface area (Å²) in [7, 11) is -4.27. The zero-order valence-corrected chi connectivity index (χ0v) is 20.3. The summed E-state index contributed by atoms with van der Waals surface area (Å²) in [6.07, 6.45) is -4.79. The summed E-state index contributed by atoms with van der Waals surface area (Å²) < 4.78 is 68.0. The molecule has 0 fully saturated rings. The number of aryl methyl sites for hydroxylation is 2. The van der Waals surface area contributed by atoms with Gasteiger partial charge in [-0.25, -0.2) is 8.42 Å². The van der Waals surface area contributed by atoms with Gasteiger partial charge in [0.05, 0.1) is 21.8 Å². The predicted octanol–water partition coefficient (Wildman–Crippen LogP) is 6.46. The molecule has 0 spiro atoms. The molecule has 0 unspecified atom stereocenters. The van der Waals surface area contributed by atoms with E-state index in [-0.39, 0.29) is 20.6 Å². The average Bonchev–Trinajstić information content (AvgIpc) is 2.74. The minimum absolute atomic E-state index is 0.0900. The first-order valence-electron chi connectivity index (χ1n) is 9.81. The number of halogens is 5. The maximum atomic E-state index is 13.5. The van der Waals surface area contributed by atoms with Gasteiger partial charge in [0.2, 0.25) is 5.91 Å². The van der Waals surface area contributed by atoms with E-state index in [0.29, 0.717) is 11.6 Å². The van der Waals surface area contributed by atoms with Gasteiger partial charge in [-0.15, -0.1) is 0 Å². The molecule has 3 rings (SSSR count). The molecule has 3 aromatic rings. The Bertz CT molecular complexity index is 1330. The van der Waals surface area contributed by atoms with Crippen molar-refractivity contribution in [3.05, 3.63) is 87.4 Å². The van der Waals surface area contributed by atoms with Crippen molar-refractivity contribution in [1.29, 1.82) is 0 Å². The SMILES string of the molecule is Cc1ccc(S(=O)(=O)N(CC(=O)Nc2ccc(Cl)cc2C(F)(F)F)c2cc(Cl)ccc2C)cc1. The van der Waals surface area contributed by atoms with Crippen molar-refractivity contribution in [2.45, 2.75) is 24.9 Å². The van der Waals surface area contributed by atoms with Crippen LogP contribution in [0.3, 0.4) is 0 Å². The lowest BCUT2D eigenvalue weighted by molar-refractivity contribution is -0.137. The summed E-state index contributed by atoms with van der Waals surface area (Å²) in [6, 6.07) is 13.3. The van der Waals surface area contributed by atoms with Crippen molar-refractivity contribution in [3.63, 3.8) is 0 Å². The van der Waals surface area contributed by atoms with E-state index >= 15 is 0 Å². The van der Waals surface area contributed by atoms with Crippen LogP contribution in [0.4, 0.5) is 24.5 Å². The molecule has 5 nitrogen and oxygen atoms in total. The van der Waals surface area contributed by atoms with E-state index in [4.69, 9.17) is 23.2 Å². The maximum Gasteiger partial charge on any atom is 0.418 e. The van der Waals surface area contributed by atoms with Gasteiger partial charge in [-0.3, -0.25) is 9.10 Å². The first-order chi connectivity index (χ1) is 15.8. The highest BCUT2D eigenvalue weighted by molar-refractivity contribution is 7.92. The summed E-state index contributed by atoms with van der Waals surface area (Å²) in [4.78, 5) is 12.7. The second-order valence-corrected chi connectivity index (χ2v) is 10.2. The van der Waals surface area contributed by atoms with Crippen molar-refractivity contribution >= 4 is 50.5 Å². The summed E-state index contributed by atoms with van der Waals surface area (Å²) in [5.41, 5.74) is -0.257. The zero-order chi connectivity index (χ0) is 25.3. The largest absolute Gasteiger partial charge is 0.418 e. The van der Waals surface area contributed by atoms with Gasteiger partial charge >= 0.3 is 6.18 Å². The van der Waals surface area contributed by atoms with Crippen molar-refractivity contribution in [1.82, 2.24) is 0 Å². The van der Waals surface area contributed by atoms with Crippen LogP contribution in [-0.4, -0.2) is 20.9 Å². The third-order valence-electron chi connectivity index (χ3n) is 4.90. The molecule has 0 aromatic heterocycles. The van der Waals surface area contributed by atoms with Crippen LogP contribution in [0, 0.1) is 13.8 Å². The van der Waals surface area contributed by atoms with Gasteiger partial charge in [0.15, 0.2) is 0 Å². The molecule has 0 bridgehead atoms. The standard InChI is InChI=1S/C23H19Cl2F3N2O3S/c1-14-3-8-18(9-4-14)34(32,33)30(21-12-17(25)6-5-15(21)2)13-22(31)29-20-10-7-16(24)11-19(20)23(26,27)28/h3-12H,13H2,1-2H3,(H,29,31). The lowest BCUT2D eigenvalue weighted by Gasteiger charge is -2.26. The Balaban J connectivity index is 2.03. The van der Waals surface area contributed by atoms with Crippen molar-refractivity contribution in [3.8, 4) is 0 Å². The number of carbonyl (C=O) groups is 1. The van der Waals surface area contributed by atoms with Crippen LogP contribution in [0.5, 0.6) is 0 Å². The number of hydrogen-bond acceptors (Lipinski definition) is 3. The number of sulfonamides is 1. The van der Waals surface area contributed by atoms with Gasteiger partial charge in [-0.05, 0) is 61.9 Å². The number of anilines is 2. The molecule has 11 heteroatoms. The first-order valence-corrected chi connectivity index (χ1v) is 12.0. The highest BCUT2D eigenvalue weighted by atomic mass is 35.5. The minimum Gasteiger partial charge on any atom is -0.324 e. The fraction of sp³-hybridized carbons (Fsp3) is 0.174. The molecule has 1 amide bonds. The monoisotopic (exact) mass is 530 g/mol. The number of carbonyl (C=O) groups excluding carboxylic acids is 1. The Hall–Kier alpha value is -2.75. The number of hydrogen-bond donors (Lipinski definition) is 1. The van der Waals surface area contributed by atoms with E-state index in [2.05, 4.69) is 5.32 Å². The Labute approximate surface area is 205 Å². The summed E-state index contributed by atoms with van der Waals surface area (Å²) in [6.45, 7) is 2.62. The predicted molar refractivity (Wildman–Crippen MR) is 127 cm³/mol. The lowest BCUT2D eigenvalue weighted by Crippen LogP contribution is -2.38. The number of rotatable bonds is 6. The molecule has 0 heterocycles. The Kier molecular flexibility index (Phi) is 7.50. The molecule has 0 saturated heterocycles. The molecule has 0 atom stereocenters. The summed E-state index contributed by atoms with van der Waals surface area (Å²) in [5, 5.41) is 2.22. The van der Waals surface area contributed by atoms with E-state index in [9.17, 15) is 26.4 Å². The Morgan fingerprint density at radius 3 is 2.15 bits per heavy atom. The van der Waals surface area contributed by atoms with Crippen LogP contribution in [0.2, 0.25) is 10.0 Å². The Morgan fingerprint density at radius 1 is 0.941 bits per heavy atom. The molecule has 0 aliphatic carbocycles. The van der Waals surface area contributed by atoms with Crippen LogP contribution >= 0.6 is 23.2 Å². The maximum absolute atomic E-state index is 13.5. The molecule has 34 heavy (non-hydrogen) atoms. The van der Waals surface area contributed by atoms with Gasteiger partial charge in [-0.1, -0.05) is 47.0 Å². The minimum atomic E-state index is -4.79. The fourth-order valence-corrected chi connectivity index (χ4v) is 4.98. The molecular weight excluding hydrogens is 512 g/mol. The molecule has 1 N–H and O–H groups in total. The third-order valence-corrected chi connectivity index (χ3v) is 7.14. The van der Waals surface area contributed by atoms with Crippen LogP contribution in [0.25, 0.3) is 0 Å². The van der Waals surface area contributed by atoms with Crippen molar-refractivity contribution in [2.75, 3.05) is 16.2 Å². The van der Waals surface area contributed by atoms with Gasteiger partial charge in [0.25, 0.3) is 10.0 Å². The van der Waals surface area contributed by atoms with Crippen LogP contribution in [-0.2, 0) is 21.0 Å². The molecule has 0 aliphatic rings. The second kappa shape index (κ2) is 9.85. The highest BCUT2D eigenvalue weighted by Crippen LogP contribution is 2.37. The van der Waals surface area contributed by atoms with E-state index in [1.54, 1.807) is 38.1 Å². The average molecular weight is 531 g/mol. The van der Waals surface area contributed by atoms with Crippen molar-refractivity contribution < 1.29 is 26.4 Å². The third kappa shape index (κ3) is 5.84. The lowest BCUT2D eigenvalue weighted by atomic mass is 10.1. The topological polar surface area (TPSA) is 66.5 Å². The number of benzene rings is 3. The normalized spacial score (nSPS) is 11.9. The van der Waals surface area contributed by atoms with Crippen molar-refractivity contribution in [2.24, 2.45) is 0 Å². The number of alkyl halides is 3. The second-order valence-electron chi connectivity index (χ2n) is 7.49. The fourth-order valence-electron chi connectivity index (χ4n) is 3.17. The summed E-state index contributed by atoms with van der Waals surface area (Å²) in [5.74, 6) is -0.983. The van der Waals surface area contributed by atoms with E-state index < -0.39 is 39.9 Å². The van der Waals surface area contributed by atoms with E-state index in [0.717, 1.165) is 15.9 Å². The van der Waals surface area contributed by atoms with E-state index in [1.807, 2.05) is 0 Å². The number of nitrogens with zero attached hydrogens (tertiary/aromatic N) is 1. The first kappa shape index (κ1) is 25.9. The molecule has 180 valence electrons. The van der Waals surface area contributed by atoms with Gasteiger partial charge in [0, 0.05) is 10.0 Å². The molecule has 0 radical (unpaired) electrons. The molecule has 3 aromatic carbocycles. The van der Waals surface area contributed by atoms with E-state index in [1.165, 1.54) is 24.3 Å². The van der Waals surface area contributed by atoms with Gasteiger partial charge in [0.1, 0.15) is 6.54 Å². The zero-order valence-electron chi connectivity index (χ0n) is 18.0. The molecule has 0 aliphatic heterocycles. The molecule has 0 saturated carbocycles. The smallest absolute Gasteiger partial charge is 0.324 e. The highest BCUT2D eigenvalue weighted by Gasteiger charge is 2.35. The quantitative estimate of drug-likeness (QED) is 0.397. The van der Waals surface area contributed by atoms with Crippen LogP contribution < -0.4 is 9.62 Å². The van der Waals surface area contributed by atoms with Crippen LogP contribution in [0.1, 0.15) is 16.7 Å². The Morgan fingerprint density at radius 2 is 1.53 bits per heavy atom. The molecular formula is C23H19Cl2F3N2O3S. The van der Waals surface area contributed by atoms with Gasteiger partial charge < -0.3 is 5.32 Å².